The number of aliphatic imine (C=N–C) groups is 1. The number of benzene rings is 1. The highest BCUT2D eigenvalue weighted by atomic mass is 16.5. The van der Waals surface area contributed by atoms with E-state index in [9.17, 15) is 0 Å². The Kier molecular flexibility index (Phi) is 4.70. The van der Waals surface area contributed by atoms with Crippen LogP contribution in [0.2, 0.25) is 0 Å². The molecule has 0 aliphatic carbocycles. The molecule has 4 heteroatoms. The predicted molar refractivity (Wildman–Crippen MR) is 92.3 cm³/mol. The summed E-state index contributed by atoms with van der Waals surface area (Å²) in [6, 6.07) is 12.5. The molecule has 0 saturated heterocycles. The summed E-state index contributed by atoms with van der Waals surface area (Å²) in [7, 11) is 1.70. The van der Waals surface area contributed by atoms with Gasteiger partial charge in [-0.05, 0) is 30.5 Å². The lowest BCUT2D eigenvalue weighted by Crippen LogP contribution is -2.11. The number of rotatable bonds is 6. The fourth-order valence-corrected chi connectivity index (χ4v) is 2.98. The van der Waals surface area contributed by atoms with Crippen molar-refractivity contribution >= 4 is 5.90 Å². The standard InChI is InChI=1S/C19H24N2O2/c1-14(2)11-16-13-23-19(20-16)17-8-6-10-21(17)12-15-7-4-5-9-18(15)22-3/h4-10,14,16H,11-13H2,1-3H3. The van der Waals surface area contributed by atoms with Gasteiger partial charge in [-0.1, -0.05) is 32.0 Å². The first-order chi connectivity index (χ1) is 11.2. The van der Waals surface area contributed by atoms with Gasteiger partial charge in [-0.2, -0.15) is 0 Å². The van der Waals surface area contributed by atoms with Crippen LogP contribution >= 0.6 is 0 Å². The quantitative estimate of drug-likeness (QED) is 0.814. The summed E-state index contributed by atoms with van der Waals surface area (Å²) in [5.41, 5.74) is 2.17. The minimum absolute atomic E-state index is 0.277. The number of hydrogen-bond acceptors (Lipinski definition) is 3. The van der Waals surface area contributed by atoms with Crippen molar-refractivity contribution in [3.63, 3.8) is 0 Å². The predicted octanol–water partition coefficient (Wildman–Crippen LogP) is 3.74. The zero-order valence-electron chi connectivity index (χ0n) is 14.0. The van der Waals surface area contributed by atoms with Gasteiger partial charge >= 0.3 is 0 Å². The monoisotopic (exact) mass is 312 g/mol. The van der Waals surface area contributed by atoms with Crippen molar-refractivity contribution in [2.75, 3.05) is 13.7 Å². The Morgan fingerprint density at radius 1 is 1.26 bits per heavy atom. The molecule has 2 aromatic rings. The van der Waals surface area contributed by atoms with E-state index in [1.165, 1.54) is 0 Å². The highest BCUT2D eigenvalue weighted by Crippen LogP contribution is 2.22. The topological polar surface area (TPSA) is 35.8 Å². The van der Waals surface area contributed by atoms with Crippen LogP contribution in [0.5, 0.6) is 5.75 Å². The minimum Gasteiger partial charge on any atom is -0.496 e. The molecule has 1 aromatic heterocycles. The van der Waals surface area contributed by atoms with Crippen LogP contribution in [0, 0.1) is 5.92 Å². The summed E-state index contributed by atoms with van der Waals surface area (Å²) in [6.07, 6.45) is 3.13. The Bertz CT molecular complexity index is 688. The van der Waals surface area contributed by atoms with Gasteiger partial charge in [0.05, 0.1) is 19.7 Å². The lowest BCUT2D eigenvalue weighted by molar-refractivity contribution is 0.300. The molecular formula is C19H24N2O2. The summed E-state index contributed by atoms with van der Waals surface area (Å²) in [6.45, 7) is 5.87. The summed E-state index contributed by atoms with van der Waals surface area (Å²) in [4.78, 5) is 4.76. The van der Waals surface area contributed by atoms with Gasteiger partial charge in [-0.3, -0.25) is 0 Å². The Labute approximate surface area is 137 Å². The van der Waals surface area contributed by atoms with Crippen molar-refractivity contribution in [3.8, 4) is 5.75 Å². The zero-order chi connectivity index (χ0) is 16.2. The summed E-state index contributed by atoms with van der Waals surface area (Å²) >= 11 is 0. The average Bonchev–Trinajstić information content (AvgIpc) is 3.16. The first kappa shape index (κ1) is 15.7. The van der Waals surface area contributed by atoms with Gasteiger partial charge in [0, 0.05) is 11.8 Å². The second-order valence-electron chi connectivity index (χ2n) is 6.36. The first-order valence-corrected chi connectivity index (χ1v) is 8.15. The van der Waals surface area contributed by atoms with Crippen molar-refractivity contribution in [2.45, 2.75) is 32.9 Å². The SMILES string of the molecule is COc1ccccc1Cn1cccc1C1=NC(CC(C)C)CO1. The van der Waals surface area contributed by atoms with Gasteiger partial charge in [-0.25, -0.2) is 4.99 Å². The lowest BCUT2D eigenvalue weighted by atomic mass is 10.1. The Hall–Kier alpha value is -2.23. The maximum atomic E-state index is 5.84. The van der Waals surface area contributed by atoms with Crippen molar-refractivity contribution < 1.29 is 9.47 Å². The maximum absolute atomic E-state index is 5.84. The molecule has 0 fully saturated rings. The van der Waals surface area contributed by atoms with Crippen LogP contribution in [0.15, 0.2) is 47.6 Å². The number of ether oxygens (including phenoxy) is 2. The van der Waals surface area contributed by atoms with E-state index in [2.05, 4.69) is 36.7 Å². The normalized spacial score (nSPS) is 17.2. The van der Waals surface area contributed by atoms with Gasteiger partial charge in [0.2, 0.25) is 5.90 Å². The number of hydrogen-bond donors (Lipinski definition) is 0. The van der Waals surface area contributed by atoms with Gasteiger partial charge in [-0.15, -0.1) is 0 Å². The number of methoxy groups -OCH3 is 1. The van der Waals surface area contributed by atoms with Crippen LogP contribution in [0.3, 0.4) is 0 Å². The maximum Gasteiger partial charge on any atom is 0.233 e. The lowest BCUT2D eigenvalue weighted by Gasteiger charge is -2.12. The molecule has 1 aromatic carbocycles. The molecule has 23 heavy (non-hydrogen) atoms. The molecular weight excluding hydrogens is 288 g/mol. The molecule has 4 nitrogen and oxygen atoms in total. The molecule has 0 amide bonds. The van der Waals surface area contributed by atoms with Crippen molar-refractivity contribution in [1.29, 1.82) is 0 Å². The average molecular weight is 312 g/mol. The van der Waals surface area contributed by atoms with E-state index in [1.807, 2.05) is 24.3 Å². The molecule has 122 valence electrons. The van der Waals surface area contributed by atoms with E-state index in [0.717, 1.165) is 35.9 Å². The summed E-state index contributed by atoms with van der Waals surface area (Å²) in [5, 5.41) is 0. The largest absolute Gasteiger partial charge is 0.496 e. The van der Waals surface area contributed by atoms with Crippen LogP contribution < -0.4 is 4.74 Å². The highest BCUT2D eigenvalue weighted by Gasteiger charge is 2.23. The van der Waals surface area contributed by atoms with Gasteiger partial charge in [0.15, 0.2) is 0 Å². The number of aromatic nitrogens is 1. The third-order valence-corrected chi connectivity index (χ3v) is 4.04. The third-order valence-electron chi connectivity index (χ3n) is 4.04. The van der Waals surface area contributed by atoms with E-state index in [4.69, 9.17) is 14.5 Å². The molecule has 0 saturated carbocycles. The van der Waals surface area contributed by atoms with Gasteiger partial charge < -0.3 is 14.0 Å². The van der Waals surface area contributed by atoms with E-state index in [0.29, 0.717) is 12.5 Å². The van der Waals surface area contributed by atoms with Crippen LogP contribution in [-0.4, -0.2) is 30.2 Å². The smallest absolute Gasteiger partial charge is 0.233 e. The molecule has 1 aliphatic rings. The van der Waals surface area contributed by atoms with E-state index in [1.54, 1.807) is 7.11 Å². The van der Waals surface area contributed by atoms with Gasteiger partial charge in [0.1, 0.15) is 18.1 Å². The van der Waals surface area contributed by atoms with Gasteiger partial charge in [0.25, 0.3) is 0 Å². The third kappa shape index (κ3) is 3.58. The molecule has 2 heterocycles. The molecule has 0 N–H and O–H groups in total. The molecule has 0 bridgehead atoms. The fraction of sp³-hybridized carbons (Fsp3) is 0.421. The van der Waals surface area contributed by atoms with Crippen LogP contribution in [0.4, 0.5) is 0 Å². The molecule has 1 aliphatic heterocycles. The second-order valence-corrected chi connectivity index (χ2v) is 6.36. The van der Waals surface area contributed by atoms with Crippen LogP contribution in [0.25, 0.3) is 0 Å². The second kappa shape index (κ2) is 6.90. The minimum atomic E-state index is 0.277. The Morgan fingerprint density at radius 3 is 2.87 bits per heavy atom. The molecule has 0 spiro atoms. The van der Waals surface area contributed by atoms with Crippen molar-refractivity contribution in [3.05, 3.63) is 53.9 Å². The van der Waals surface area contributed by atoms with E-state index < -0.39 is 0 Å². The Morgan fingerprint density at radius 2 is 2.09 bits per heavy atom. The number of nitrogens with zero attached hydrogens (tertiary/aromatic N) is 2. The van der Waals surface area contributed by atoms with Crippen molar-refractivity contribution in [2.24, 2.45) is 10.9 Å². The highest BCUT2D eigenvalue weighted by molar-refractivity contribution is 5.93. The number of para-hydroxylation sites is 1. The van der Waals surface area contributed by atoms with Crippen LogP contribution in [0.1, 0.15) is 31.5 Å². The van der Waals surface area contributed by atoms with E-state index >= 15 is 0 Å². The van der Waals surface area contributed by atoms with E-state index in [-0.39, 0.29) is 6.04 Å². The molecule has 1 unspecified atom stereocenters. The zero-order valence-corrected chi connectivity index (χ0v) is 14.0. The molecule has 1 atom stereocenters. The summed E-state index contributed by atoms with van der Waals surface area (Å²) < 4.78 is 13.5. The molecule has 3 rings (SSSR count). The van der Waals surface area contributed by atoms with Crippen LogP contribution in [-0.2, 0) is 11.3 Å². The van der Waals surface area contributed by atoms with Crippen molar-refractivity contribution in [1.82, 2.24) is 4.57 Å². The molecule has 0 radical (unpaired) electrons. The summed E-state index contributed by atoms with van der Waals surface area (Å²) in [5.74, 6) is 2.29. The first-order valence-electron chi connectivity index (χ1n) is 8.15. The Balaban J connectivity index is 1.80. The fourth-order valence-electron chi connectivity index (χ4n) is 2.98.